The second-order valence-electron chi connectivity index (χ2n) is 11.6. The molecule has 13 heteroatoms. The van der Waals surface area contributed by atoms with E-state index in [1.807, 2.05) is 49.3 Å². The van der Waals surface area contributed by atoms with E-state index in [9.17, 15) is 14.9 Å². The fourth-order valence-electron chi connectivity index (χ4n) is 5.78. The average Bonchev–Trinajstić information content (AvgIpc) is 3.42. The summed E-state index contributed by atoms with van der Waals surface area (Å²) in [5.74, 6) is -0.0524. The Morgan fingerprint density at radius 2 is 1.62 bits per heavy atom. The van der Waals surface area contributed by atoms with Gasteiger partial charge >= 0.3 is 5.82 Å². The molecule has 2 aromatic heterocycles. The summed E-state index contributed by atoms with van der Waals surface area (Å²) in [5, 5.41) is 12.0. The second-order valence-corrected chi connectivity index (χ2v) is 11.6. The number of fused-ring (bicyclic) bond motifs is 1. The zero-order valence-electron chi connectivity index (χ0n) is 25.9. The van der Waals surface area contributed by atoms with E-state index in [0.717, 1.165) is 43.0 Å². The van der Waals surface area contributed by atoms with Gasteiger partial charge in [0.2, 0.25) is 17.5 Å². The van der Waals surface area contributed by atoms with E-state index in [2.05, 4.69) is 20.9 Å². The number of nitrogens with zero attached hydrogens (tertiary/aromatic N) is 6. The van der Waals surface area contributed by atoms with Gasteiger partial charge in [-0.15, -0.1) is 0 Å². The minimum atomic E-state index is -0.557. The van der Waals surface area contributed by atoms with E-state index in [4.69, 9.17) is 18.6 Å². The molecule has 2 aromatic carbocycles. The highest BCUT2D eigenvalue weighted by Gasteiger charge is 2.26. The zero-order valence-corrected chi connectivity index (χ0v) is 25.9. The molecule has 0 amide bonds. The highest BCUT2D eigenvalue weighted by molar-refractivity contribution is 5.85. The van der Waals surface area contributed by atoms with Crippen LogP contribution in [0.5, 0.6) is 5.75 Å². The van der Waals surface area contributed by atoms with E-state index in [-0.39, 0.29) is 35.1 Å². The lowest BCUT2D eigenvalue weighted by Crippen LogP contribution is -2.36. The number of imidazole rings is 1. The number of morpholine rings is 2. The summed E-state index contributed by atoms with van der Waals surface area (Å²) in [6, 6.07) is 11.7. The summed E-state index contributed by atoms with van der Waals surface area (Å²) in [6.07, 6.45) is 1.36. The highest BCUT2D eigenvalue weighted by Crippen LogP contribution is 2.35. The largest absolute Gasteiger partial charge is 0.479 e. The van der Waals surface area contributed by atoms with Crippen molar-refractivity contribution in [2.45, 2.75) is 19.7 Å². The van der Waals surface area contributed by atoms with Gasteiger partial charge in [-0.05, 0) is 51.9 Å². The van der Waals surface area contributed by atoms with Crippen molar-refractivity contribution in [3.05, 3.63) is 79.9 Å². The van der Waals surface area contributed by atoms with Crippen molar-refractivity contribution in [2.24, 2.45) is 7.05 Å². The number of nitro groups is 1. The molecular weight excluding hydrogens is 580 g/mol. The first-order valence-corrected chi connectivity index (χ1v) is 15.1. The van der Waals surface area contributed by atoms with Gasteiger partial charge in [-0.3, -0.25) is 14.6 Å². The van der Waals surface area contributed by atoms with Crippen molar-refractivity contribution < 1.29 is 23.6 Å². The fraction of sp³-hybridized carbons (Fsp3) is 0.438. The van der Waals surface area contributed by atoms with E-state index in [1.165, 1.54) is 10.9 Å². The molecule has 2 aliphatic heterocycles. The topological polar surface area (TPSA) is 129 Å². The van der Waals surface area contributed by atoms with Gasteiger partial charge in [0.15, 0.2) is 11.5 Å². The molecular formula is C32H38N6O7. The normalized spacial score (nSPS) is 16.2. The number of aryl methyl sites for hydroxylation is 1. The van der Waals surface area contributed by atoms with Gasteiger partial charge in [-0.25, -0.2) is 0 Å². The SMILES string of the molecule is CN(C)c1ccc(-c2oc3c(CN4CCOCC4)cc(CN4CCOCC4)cc3c(=O)c2OCc2c([N+](=O)[O-])ncn2C)cc1. The number of rotatable bonds is 10. The molecule has 45 heavy (non-hydrogen) atoms. The standard InChI is InChI=1S/C32H38N6O7/c1-34(2)25-6-4-23(5-7-25)30-31(44-20-27-32(38(40)41)33-21-35(27)3)28(39)26-17-22(18-36-8-12-42-13-9-36)16-24(29(26)45-30)19-37-10-14-43-15-11-37/h4-7,16-17,21H,8-15,18-20H2,1-3H3. The Morgan fingerprint density at radius 3 is 2.24 bits per heavy atom. The third-order valence-corrected chi connectivity index (χ3v) is 8.30. The lowest BCUT2D eigenvalue weighted by molar-refractivity contribution is -0.390. The maximum absolute atomic E-state index is 14.4. The molecule has 0 aliphatic carbocycles. The van der Waals surface area contributed by atoms with Crippen LogP contribution in [0.3, 0.4) is 0 Å². The smallest absolute Gasteiger partial charge is 0.388 e. The first-order chi connectivity index (χ1) is 21.8. The molecule has 4 aromatic rings. The molecule has 0 atom stereocenters. The number of benzene rings is 2. The molecule has 238 valence electrons. The van der Waals surface area contributed by atoms with Gasteiger partial charge in [0.05, 0.1) is 31.8 Å². The molecule has 0 spiro atoms. The summed E-state index contributed by atoms with van der Waals surface area (Å²) in [4.78, 5) is 36.0. The van der Waals surface area contributed by atoms with Gasteiger partial charge < -0.3 is 38.2 Å². The number of ether oxygens (including phenoxy) is 3. The van der Waals surface area contributed by atoms with Gasteiger partial charge in [-0.2, -0.15) is 0 Å². The van der Waals surface area contributed by atoms with Crippen LogP contribution in [0.4, 0.5) is 11.5 Å². The predicted molar refractivity (Wildman–Crippen MR) is 169 cm³/mol. The van der Waals surface area contributed by atoms with Crippen molar-refractivity contribution in [3.8, 4) is 17.1 Å². The van der Waals surface area contributed by atoms with Gasteiger partial charge in [0.1, 0.15) is 12.2 Å². The summed E-state index contributed by atoms with van der Waals surface area (Å²) in [7, 11) is 5.55. The Labute approximate surface area is 260 Å². The Bertz CT molecular complexity index is 1720. The number of anilines is 1. The van der Waals surface area contributed by atoms with Crippen molar-refractivity contribution in [1.82, 2.24) is 19.4 Å². The van der Waals surface area contributed by atoms with Crippen LogP contribution >= 0.6 is 0 Å². The molecule has 2 fully saturated rings. The van der Waals surface area contributed by atoms with Crippen LogP contribution in [0, 0.1) is 10.1 Å². The molecule has 4 heterocycles. The molecule has 2 saturated heterocycles. The molecule has 0 saturated carbocycles. The van der Waals surface area contributed by atoms with E-state index >= 15 is 0 Å². The van der Waals surface area contributed by atoms with Gasteiger partial charge in [-0.1, -0.05) is 0 Å². The second kappa shape index (κ2) is 13.4. The summed E-state index contributed by atoms with van der Waals surface area (Å²) < 4.78 is 25.5. The van der Waals surface area contributed by atoms with Crippen LogP contribution in [0.1, 0.15) is 16.8 Å². The van der Waals surface area contributed by atoms with Crippen LogP contribution in [0.2, 0.25) is 0 Å². The average molecular weight is 619 g/mol. The highest BCUT2D eigenvalue weighted by atomic mass is 16.6. The van der Waals surface area contributed by atoms with E-state index in [0.29, 0.717) is 56.0 Å². The molecule has 6 rings (SSSR count). The molecule has 2 aliphatic rings. The lowest BCUT2D eigenvalue weighted by Gasteiger charge is -2.28. The van der Waals surface area contributed by atoms with Gasteiger partial charge in [0.25, 0.3) is 0 Å². The Hall–Kier alpha value is -4.30. The minimum absolute atomic E-state index is 0.00329. The first kappa shape index (κ1) is 30.7. The molecule has 13 nitrogen and oxygen atoms in total. The molecule has 0 N–H and O–H groups in total. The number of aromatic nitrogens is 2. The van der Waals surface area contributed by atoms with Crippen molar-refractivity contribution in [3.63, 3.8) is 0 Å². The van der Waals surface area contributed by atoms with Crippen LogP contribution in [0.25, 0.3) is 22.3 Å². The first-order valence-electron chi connectivity index (χ1n) is 15.1. The van der Waals surface area contributed by atoms with Crippen molar-refractivity contribution in [2.75, 3.05) is 71.6 Å². The Morgan fingerprint density at radius 1 is 0.978 bits per heavy atom. The maximum Gasteiger partial charge on any atom is 0.388 e. The van der Waals surface area contributed by atoms with Crippen LogP contribution in [-0.4, -0.2) is 91.0 Å². The zero-order chi connectivity index (χ0) is 31.5. The third kappa shape index (κ3) is 6.71. The van der Waals surface area contributed by atoms with E-state index in [1.54, 1.807) is 7.05 Å². The number of hydrogen-bond acceptors (Lipinski definition) is 11. The monoisotopic (exact) mass is 618 g/mol. The quantitative estimate of drug-likeness (QED) is 0.192. The maximum atomic E-state index is 14.4. The van der Waals surface area contributed by atoms with Crippen molar-refractivity contribution >= 4 is 22.5 Å². The van der Waals surface area contributed by atoms with Crippen LogP contribution in [-0.2, 0) is 36.2 Å². The Kier molecular flexibility index (Phi) is 9.12. The molecule has 0 unspecified atom stereocenters. The number of hydrogen-bond donors (Lipinski definition) is 0. The van der Waals surface area contributed by atoms with Gasteiger partial charge in [0, 0.05) is 77.2 Å². The van der Waals surface area contributed by atoms with E-state index < -0.39 is 4.92 Å². The van der Waals surface area contributed by atoms with Crippen LogP contribution in [0.15, 0.2) is 51.9 Å². The van der Waals surface area contributed by atoms with Crippen LogP contribution < -0.4 is 15.1 Å². The molecule has 0 radical (unpaired) electrons. The lowest BCUT2D eigenvalue weighted by atomic mass is 10.0. The molecule has 0 bridgehead atoms. The summed E-state index contributed by atoms with van der Waals surface area (Å²) >= 11 is 0. The third-order valence-electron chi connectivity index (χ3n) is 8.30. The Balaban J connectivity index is 1.49. The van der Waals surface area contributed by atoms with Crippen molar-refractivity contribution in [1.29, 1.82) is 0 Å². The summed E-state index contributed by atoms with van der Waals surface area (Å²) in [6.45, 7) is 6.85. The summed E-state index contributed by atoms with van der Waals surface area (Å²) in [5.41, 5.74) is 3.95. The fourth-order valence-corrected chi connectivity index (χ4v) is 5.78. The minimum Gasteiger partial charge on any atom is -0.479 e. The predicted octanol–water partition coefficient (Wildman–Crippen LogP) is 3.41.